The quantitative estimate of drug-likeness (QED) is 0.547. The van der Waals surface area contributed by atoms with Crippen LogP contribution in [0.2, 0.25) is 0 Å². The second kappa shape index (κ2) is 4.26. The van der Waals surface area contributed by atoms with Crippen molar-refractivity contribution in [1.29, 1.82) is 0 Å². The number of anilines is 1. The fourth-order valence-electron chi connectivity index (χ4n) is 2.21. The molecule has 0 saturated carbocycles. The molecule has 0 fully saturated rings. The highest BCUT2D eigenvalue weighted by Crippen LogP contribution is 2.26. The standard InChI is InChI=1S/C14H10F3N3/c1-7-19-12-4-8(18)2-3-13(12)20(7)14-6-10(16)9(15)5-11(14)17/h2-6H,18H2,1H3. The van der Waals surface area contributed by atoms with E-state index in [1.165, 1.54) is 4.57 Å². The molecule has 102 valence electrons. The van der Waals surface area contributed by atoms with Crippen LogP contribution in [0, 0.1) is 24.4 Å². The van der Waals surface area contributed by atoms with Gasteiger partial charge < -0.3 is 5.73 Å². The largest absolute Gasteiger partial charge is 0.399 e. The molecule has 2 aromatic carbocycles. The lowest BCUT2D eigenvalue weighted by molar-refractivity contribution is 0.493. The van der Waals surface area contributed by atoms with E-state index in [2.05, 4.69) is 4.98 Å². The van der Waals surface area contributed by atoms with Gasteiger partial charge in [-0.2, -0.15) is 0 Å². The maximum absolute atomic E-state index is 13.9. The Morgan fingerprint density at radius 2 is 1.70 bits per heavy atom. The average Bonchev–Trinajstić information content (AvgIpc) is 2.69. The Hall–Kier alpha value is -2.50. The van der Waals surface area contributed by atoms with Gasteiger partial charge in [-0.05, 0) is 25.1 Å². The third-order valence-electron chi connectivity index (χ3n) is 3.08. The molecule has 0 aliphatic heterocycles. The van der Waals surface area contributed by atoms with Crippen LogP contribution >= 0.6 is 0 Å². The summed E-state index contributed by atoms with van der Waals surface area (Å²) in [5.41, 5.74) is 7.23. The molecule has 0 unspecified atom stereocenters. The van der Waals surface area contributed by atoms with E-state index < -0.39 is 17.5 Å². The molecule has 0 spiro atoms. The molecule has 3 rings (SSSR count). The normalized spacial score (nSPS) is 11.2. The zero-order valence-electron chi connectivity index (χ0n) is 10.5. The van der Waals surface area contributed by atoms with Crippen molar-refractivity contribution in [2.75, 3.05) is 5.73 Å². The predicted molar refractivity (Wildman–Crippen MR) is 70.1 cm³/mol. The first-order chi connectivity index (χ1) is 9.47. The number of nitrogens with two attached hydrogens (primary N) is 1. The lowest BCUT2D eigenvalue weighted by Crippen LogP contribution is -2.02. The van der Waals surface area contributed by atoms with Crippen LogP contribution < -0.4 is 5.73 Å². The number of nitrogens with zero attached hydrogens (tertiary/aromatic N) is 2. The molecule has 1 heterocycles. The van der Waals surface area contributed by atoms with Gasteiger partial charge in [0.2, 0.25) is 0 Å². The number of hydrogen-bond donors (Lipinski definition) is 1. The molecule has 1 aromatic heterocycles. The lowest BCUT2D eigenvalue weighted by Gasteiger charge is -2.09. The monoisotopic (exact) mass is 277 g/mol. The van der Waals surface area contributed by atoms with Crippen molar-refractivity contribution < 1.29 is 13.2 Å². The number of benzene rings is 2. The highest BCUT2D eigenvalue weighted by atomic mass is 19.2. The van der Waals surface area contributed by atoms with Crippen molar-refractivity contribution in [3.05, 3.63) is 53.6 Å². The Labute approximate surface area is 112 Å². The summed E-state index contributed by atoms with van der Waals surface area (Å²) < 4.78 is 41.7. The minimum Gasteiger partial charge on any atom is -0.399 e. The SMILES string of the molecule is Cc1nc2cc(N)ccc2n1-c1cc(F)c(F)cc1F. The van der Waals surface area contributed by atoms with Gasteiger partial charge in [-0.25, -0.2) is 18.2 Å². The zero-order valence-corrected chi connectivity index (χ0v) is 10.5. The summed E-state index contributed by atoms with van der Waals surface area (Å²) in [6.07, 6.45) is 0. The maximum Gasteiger partial charge on any atom is 0.161 e. The van der Waals surface area contributed by atoms with E-state index >= 15 is 0 Å². The Kier molecular flexibility index (Phi) is 2.67. The summed E-state index contributed by atoms with van der Waals surface area (Å²) in [6, 6.07) is 6.27. The van der Waals surface area contributed by atoms with Crippen LogP contribution in [-0.4, -0.2) is 9.55 Å². The van der Waals surface area contributed by atoms with Crippen molar-refractivity contribution in [2.45, 2.75) is 6.92 Å². The van der Waals surface area contributed by atoms with E-state index in [1.807, 2.05) is 0 Å². The average molecular weight is 277 g/mol. The lowest BCUT2D eigenvalue weighted by atomic mass is 10.2. The first-order valence-electron chi connectivity index (χ1n) is 5.87. The van der Waals surface area contributed by atoms with E-state index in [0.29, 0.717) is 28.6 Å². The molecule has 0 aliphatic rings. The molecular weight excluding hydrogens is 267 g/mol. The van der Waals surface area contributed by atoms with Crippen LogP contribution in [0.25, 0.3) is 16.7 Å². The van der Waals surface area contributed by atoms with Crippen LogP contribution in [-0.2, 0) is 0 Å². The van der Waals surface area contributed by atoms with E-state index in [9.17, 15) is 13.2 Å². The summed E-state index contributed by atoms with van der Waals surface area (Å²) >= 11 is 0. The van der Waals surface area contributed by atoms with Crippen LogP contribution in [0.4, 0.5) is 18.9 Å². The first-order valence-corrected chi connectivity index (χ1v) is 5.87. The van der Waals surface area contributed by atoms with E-state index in [0.717, 1.165) is 6.07 Å². The first kappa shape index (κ1) is 12.5. The molecule has 3 nitrogen and oxygen atoms in total. The Morgan fingerprint density at radius 1 is 1.00 bits per heavy atom. The van der Waals surface area contributed by atoms with E-state index in [4.69, 9.17) is 5.73 Å². The van der Waals surface area contributed by atoms with Crippen molar-refractivity contribution in [3.8, 4) is 5.69 Å². The van der Waals surface area contributed by atoms with Gasteiger partial charge in [0.05, 0.1) is 16.7 Å². The Bertz CT molecular complexity index is 824. The second-order valence-electron chi connectivity index (χ2n) is 4.46. The third-order valence-corrected chi connectivity index (χ3v) is 3.08. The molecular formula is C14H10F3N3. The van der Waals surface area contributed by atoms with Gasteiger partial charge in [0, 0.05) is 17.8 Å². The van der Waals surface area contributed by atoms with E-state index in [1.54, 1.807) is 25.1 Å². The van der Waals surface area contributed by atoms with Crippen molar-refractivity contribution >= 4 is 16.7 Å². The predicted octanol–water partition coefficient (Wildman–Crippen LogP) is 3.33. The highest BCUT2D eigenvalue weighted by molar-refractivity contribution is 5.81. The molecule has 0 aliphatic carbocycles. The number of imidazole rings is 1. The summed E-state index contributed by atoms with van der Waals surface area (Å²) in [5.74, 6) is -2.74. The number of hydrogen-bond acceptors (Lipinski definition) is 2. The van der Waals surface area contributed by atoms with Crippen LogP contribution in [0.5, 0.6) is 0 Å². The van der Waals surface area contributed by atoms with Gasteiger partial charge in [0.25, 0.3) is 0 Å². The Balaban J connectivity index is 2.35. The number of nitrogen functional groups attached to an aromatic ring is 1. The van der Waals surface area contributed by atoms with Crippen molar-refractivity contribution in [1.82, 2.24) is 9.55 Å². The Morgan fingerprint density at radius 3 is 2.45 bits per heavy atom. The van der Waals surface area contributed by atoms with Crippen LogP contribution in [0.1, 0.15) is 5.82 Å². The van der Waals surface area contributed by atoms with Gasteiger partial charge >= 0.3 is 0 Å². The zero-order chi connectivity index (χ0) is 14.4. The summed E-state index contributed by atoms with van der Waals surface area (Å²) in [6.45, 7) is 1.65. The fourth-order valence-corrected chi connectivity index (χ4v) is 2.21. The second-order valence-corrected chi connectivity index (χ2v) is 4.46. The number of fused-ring (bicyclic) bond motifs is 1. The minimum absolute atomic E-state index is 0.0892. The summed E-state index contributed by atoms with van der Waals surface area (Å²) in [4.78, 5) is 4.24. The number of halogens is 3. The third kappa shape index (κ3) is 1.80. The molecule has 0 amide bonds. The molecule has 0 atom stereocenters. The summed E-state index contributed by atoms with van der Waals surface area (Å²) in [7, 11) is 0. The van der Waals surface area contributed by atoms with Gasteiger partial charge in [-0.3, -0.25) is 4.57 Å². The smallest absolute Gasteiger partial charge is 0.161 e. The van der Waals surface area contributed by atoms with E-state index in [-0.39, 0.29) is 5.69 Å². The molecule has 6 heteroatoms. The molecule has 0 saturated heterocycles. The van der Waals surface area contributed by atoms with Crippen molar-refractivity contribution in [3.63, 3.8) is 0 Å². The van der Waals surface area contributed by atoms with Gasteiger partial charge in [0.15, 0.2) is 11.6 Å². The molecule has 0 radical (unpaired) electrons. The highest BCUT2D eigenvalue weighted by Gasteiger charge is 2.16. The van der Waals surface area contributed by atoms with Gasteiger partial charge in [-0.1, -0.05) is 0 Å². The minimum atomic E-state index is -1.22. The van der Waals surface area contributed by atoms with Gasteiger partial charge in [0.1, 0.15) is 11.6 Å². The topological polar surface area (TPSA) is 43.8 Å². The maximum atomic E-state index is 13.9. The number of aromatic nitrogens is 2. The number of aryl methyl sites for hydroxylation is 1. The van der Waals surface area contributed by atoms with Crippen LogP contribution in [0.15, 0.2) is 30.3 Å². The summed E-state index contributed by atoms with van der Waals surface area (Å²) in [5, 5.41) is 0. The van der Waals surface area contributed by atoms with Gasteiger partial charge in [-0.15, -0.1) is 0 Å². The fraction of sp³-hybridized carbons (Fsp3) is 0.0714. The molecule has 20 heavy (non-hydrogen) atoms. The van der Waals surface area contributed by atoms with Crippen LogP contribution in [0.3, 0.4) is 0 Å². The molecule has 0 bridgehead atoms. The van der Waals surface area contributed by atoms with Crippen molar-refractivity contribution in [2.24, 2.45) is 0 Å². The molecule has 3 aromatic rings. The number of rotatable bonds is 1. The molecule has 2 N–H and O–H groups in total.